The van der Waals surface area contributed by atoms with E-state index in [4.69, 9.17) is 0 Å². The molecule has 1 aliphatic heterocycles. The Bertz CT molecular complexity index is 1610. The normalized spacial score (nSPS) is 28.8. The Morgan fingerprint density at radius 3 is 2.35 bits per heavy atom. The second kappa shape index (κ2) is 9.71. The van der Waals surface area contributed by atoms with Crippen LogP contribution in [0.25, 0.3) is 10.9 Å². The fraction of sp³-hybridized carbons (Fsp3) is 0.455. The predicted octanol–water partition coefficient (Wildman–Crippen LogP) is 4.14. The first-order valence-electron chi connectivity index (χ1n) is 14.6. The first-order chi connectivity index (χ1) is 19.4. The third-order valence-corrected chi connectivity index (χ3v) is 9.63. The maximum Gasteiger partial charge on any atom is 0.263 e. The van der Waals surface area contributed by atoms with Crippen LogP contribution in [0.15, 0.2) is 47.3 Å². The van der Waals surface area contributed by atoms with E-state index < -0.39 is 11.9 Å². The Morgan fingerprint density at radius 2 is 1.68 bits per heavy atom. The van der Waals surface area contributed by atoms with Crippen molar-refractivity contribution < 1.29 is 9.59 Å². The molecule has 1 atom stereocenters. The summed E-state index contributed by atoms with van der Waals surface area (Å²) >= 11 is 0. The molecular weight excluding hydrogens is 500 g/mol. The molecule has 1 unspecified atom stereocenters. The quantitative estimate of drug-likeness (QED) is 0.388. The van der Waals surface area contributed by atoms with Gasteiger partial charge in [0.1, 0.15) is 11.9 Å². The van der Waals surface area contributed by atoms with E-state index in [0.29, 0.717) is 27.8 Å². The van der Waals surface area contributed by atoms with Crippen LogP contribution < -0.4 is 16.2 Å². The van der Waals surface area contributed by atoms with Crippen LogP contribution >= 0.6 is 0 Å². The van der Waals surface area contributed by atoms with Crippen LogP contribution in [-0.2, 0) is 16.1 Å². The summed E-state index contributed by atoms with van der Waals surface area (Å²) in [6.07, 6.45) is 8.84. The summed E-state index contributed by atoms with van der Waals surface area (Å²) in [5.74, 6) is 8.83. The zero-order chi connectivity index (χ0) is 27.4. The molecule has 40 heavy (non-hydrogen) atoms. The van der Waals surface area contributed by atoms with Crippen LogP contribution in [0, 0.1) is 36.5 Å². The van der Waals surface area contributed by atoms with E-state index >= 15 is 0 Å². The molecule has 5 fully saturated rings. The molecule has 2 aromatic carbocycles. The fourth-order valence-electron chi connectivity index (χ4n) is 8.22. The van der Waals surface area contributed by atoms with E-state index in [-0.39, 0.29) is 24.3 Å². The van der Waals surface area contributed by atoms with Crippen LogP contribution in [-0.4, -0.2) is 26.9 Å². The maximum absolute atomic E-state index is 13.6. The van der Waals surface area contributed by atoms with Crippen LogP contribution in [0.5, 0.6) is 0 Å². The van der Waals surface area contributed by atoms with Crippen LogP contribution in [0.3, 0.4) is 0 Å². The molecule has 5 aliphatic rings. The van der Waals surface area contributed by atoms with Gasteiger partial charge in [0.05, 0.1) is 10.9 Å². The fourth-order valence-corrected chi connectivity index (χ4v) is 8.22. The SMILES string of the molecule is Cc1nc2cccc(C#Cc3ccc(CNC45CC6CC(CC(C6)C4)C5)cc3)c2c(=O)n1C1CCC(=O)NC1=O. The van der Waals surface area contributed by atoms with Crippen LogP contribution in [0.2, 0.25) is 0 Å². The van der Waals surface area contributed by atoms with E-state index in [1.165, 1.54) is 48.7 Å². The molecular formula is C33H34N4O3. The van der Waals surface area contributed by atoms with Crippen molar-refractivity contribution in [3.05, 3.63) is 75.3 Å². The van der Waals surface area contributed by atoms with Crippen molar-refractivity contribution in [1.82, 2.24) is 20.2 Å². The highest BCUT2D eigenvalue weighted by molar-refractivity contribution is 5.99. The molecule has 7 nitrogen and oxygen atoms in total. The number of aryl methyl sites for hydroxylation is 1. The topological polar surface area (TPSA) is 93.1 Å². The van der Waals surface area contributed by atoms with Gasteiger partial charge >= 0.3 is 0 Å². The van der Waals surface area contributed by atoms with Crippen molar-refractivity contribution in [2.45, 2.75) is 76.4 Å². The highest BCUT2D eigenvalue weighted by Gasteiger charge is 2.50. The molecule has 3 aromatic rings. The van der Waals surface area contributed by atoms with E-state index in [1.54, 1.807) is 13.0 Å². The number of carbonyl (C=O) groups is 2. The van der Waals surface area contributed by atoms with Gasteiger partial charge in [-0.15, -0.1) is 0 Å². The highest BCUT2D eigenvalue weighted by atomic mass is 16.2. The third kappa shape index (κ3) is 4.54. The standard InChI is InChI=1S/C33H34N4O3/c1-20-35-27-4-2-3-26(30(27)32(40)37(20)28-11-12-29(38)36-31(28)39)10-9-21-5-7-22(8-6-21)19-34-33-16-23-13-24(17-33)15-25(14-23)18-33/h2-8,23-25,28,34H,11-19H2,1H3,(H,36,38,39). The second-order valence-electron chi connectivity index (χ2n) is 12.5. The summed E-state index contributed by atoms with van der Waals surface area (Å²) < 4.78 is 1.40. The van der Waals surface area contributed by atoms with Gasteiger partial charge in [-0.25, -0.2) is 4.98 Å². The first-order valence-corrected chi connectivity index (χ1v) is 14.6. The minimum Gasteiger partial charge on any atom is -0.307 e. The Labute approximate surface area is 233 Å². The highest BCUT2D eigenvalue weighted by Crippen LogP contribution is 2.55. The largest absolute Gasteiger partial charge is 0.307 e. The number of hydrogen-bond donors (Lipinski definition) is 2. The molecule has 4 saturated carbocycles. The van der Waals surface area contributed by atoms with Crippen molar-refractivity contribution in [2.75, 3.05) is 0 Å². The number of hydrogen-bond acceptors (Lipinski definition) is 5. The number of rotatable bonds is 4. The lowest BCUT2D eigenvalue weighted by Crippen LogP contribution is -2.58. The molecule has 2 heterocycles. The zero-order valence-electron chi connectivity index (χ0n) is 22.8. The lowest BCUT2D eigenvalue weighted by Gasteiger charge is -2.57. The first kappa shape index (κ1) is 25.2. The van der Waals surface area contributed by atoms with Crippen molar-refractivity contribution >= 4 is 22.7 Å². The van der Waals surface area contributed by atoms with Gasteiger partial charge in [-0.05, 0) is 99.5 Å². The number of benzene rings is 2. The Hall–Kier alpha value is -3.76. The number of fused-ring (bicyclic) bond motifs is 1. The van der Waals surface area contributed by atoms with Gasteiger partial charge in [0.2, 0.25) is 11.8 Å². The van der Waals surface area contributed by atoms with E-state index in [1.807, 2.05) is 24.3 Å². The van der Waals surface area contributed by atoms with Gasteiger partial charge in [0, 0.05) is 29.6 Å². The summed E-state index contributed by atoms with van der Waals surface area (Å²) in [6.45, 7) is 2.59. The van der Waals surface area contributed by atoms with E-state index in [0.717, 1.165) is 29.9 Å². The average Bonchev–Trinajstić information content (AvgIpc) is 2.91. The molecule has 7 heteroatoms. The predicted molar refractivity (Wildman–Crippen MR) is 152 cm³/mol. The lowest BCUT2D eigenvalue weighted by molar-refractivity contribution is -0.135. The number of carbonyl (C=O) groups excluding carboxylic acids is 2. The van der Waals surface area contributed by atoms with Crippen molar-refractivity contribution in [3.8, 4) is 11.8 Å². The molecule has 1 aromatic heterocycles. The molecule has 0 spiro atoms. The number of aromatic nitrogens is 2. The van der Waals surface area contributed by atoms with Crippen molar-refractivity contribution in [2.24, 2.45) is 17.8 Å². The molecule has 2 N–H and O–H groups in total. The molecule has 4 aliphatic carbocycles. The van der Waals surface area contributed by atoms with Gasteiger partial charge in [0.15, 0.2) is 0 Å². The van der Waals surface area contributed by atoms with Crippen LogP contribution in [0.1, 0.15) is 79.9 Å². The molecule has 1 saturated heterocycles. The monoisotopic (exact) mass is 534 g/mol. The number of nitrogens with zero attached hydrogens (tertiary/aromatic N) is 2. The Kier molecular flexibility index (Phi) is 6.12. The second-order valence-corrected chi connectivity index (χ2v) is 12.5. The average molecular weight is 535 g/mol. The lowest BCUT2D eigenvalue weighted by atomic mass is 9.53. The third-order valence-electron chi connectivity index (χ3n) is 9.63. The summed E-state index contributed by atoms with van der Waals surface area (Å²) in [6, 6.07) is 13.0. The molecule has 2 amide bonds. The minimum atomic E-state index is -0.761. The van der Waals surface area contributed by atoms with Gasteiger partial charge < -0.3 is 5.32 Å². The number of nitrogens with one attached hydrogen (secondary N) is 2. The van der Waals surface area contributed by atoms with E-state index in [9.17, 15) is 14.4 Å². The van der Waals surface area contributed by atoms with Gasteiger partial charge in [0.25, 0.3) is 5.56 Å². The zero-order valence-corrected chi connectivity index (χ0v) is 22.8. The number of piperidine rings is 1. The van der Waals surface area contributed by atoms with Crippen molar-refractivity contribution in [1.29, 1.82) is 0 Å². The molecule has 204 valence electrons. The smallest absolute Gasteiger partial charge is 0.263 e. The summed E-state index contributed by atoms with van der Waals surface area (Å²) in [5, 5.41) is 6.69. The number of amides is 2. The summed E-state index contributed by atoms with van der Waals surface area (Å²) in [5.41, 5.74) is 3.29. The Balaban J connectivity index is 1.11. The van der Waals surface area contributed by atoms with Gasteiger partial charge in [-0.2, -0.15) is 0 Å². The Morgan fingerprint density at radius 1 is 0.975 bits per heavy atom. The number of imide groups is 1. The van der Waals surface area contributed by atoms with Gasteiger partial charge in [-0.3, -0.25) is 24.3 Å². The van der Waals surface area contributed by atoms with Crippen LogP contribution in [0.4, 0.5) is 0 Å². The minimum absolute atomic E-state index is 0.190. The molecule has 4 bridgehead atoms. The molecule has 8 rings (SSSR count). The van der Waals surface area contributed by atoms with Crippen molar-refractivity contribution in [3.63, 3.8) is 0 Å². The summed E-state index contributed by atoms with van der Waals surface area (Å²) in [4.78, 5) is 42.4. The van der Waals surface area contributed by atoms with E-state index in [2.05, 4.69) is 39.6 Å². The van der Waals surface area contributed by atoms with Gasteiger partial charge in [-0.1, -0.05) is 30.0 Å². The molecule has 0 radical (unpaired) electrons. The summed E-state index contributed by atoms with van der Waals surface area (Å²) in [7, 11) is 0. The maximum atomic E-state index is 13.6.